The van der Waals surface area contributed by atoms with Crippen LogP contribution >= 0.6 is 0 Å². The van der Waals surface area contributed by atoms with Gasteiger partial charge >= 0.3 is 0 Å². The van der Waals surface area contributed by atoms with Gasteiger partial charge in [-0.2, -0.15) is 4.98 Å². The quantitative estimate of drug-likeness (QED) is 0.529. The van der Waals surface area contributed by atoms with Gasteiger partial charge in [0.2, 0.25) is 23.5 Å². The van der Waals surface area contributed by atoms with E-state index >= 15 is 0 Å². The summed E-state index contributed by atoms with van der Waals surface area (Å²) in [6.45, 7) is 10.2. The Balaban J connectivity index is 1.26. The second kappa shape index (κ2) is 10.4. The molecule has 1 aromatic heterocycles. The summed E-state index contributed by atoms with van der Waals surface area (Å²) in [4.78, 5) is 30.7. The lowest BCUT2D eigenvalue weighted by Gasteiger charge is -2.30. The largest absolute Gasteiger partial charge is 0.338 e. The molecule has 0 spiro atoms. The lowest BCUT2D eigenvalue weighted by Crippen LogP contribution is -2.37. The summed E-state index contributed by atoms with van der Waals surface area (Å²) >= 11 is 0. The van der Waals surface area contributed by atoms with Gasteiger partial charge in [0, 0.05) is 29.8 Å². The highest BCUT2D eigenvalue weighted by Gasteiger charge is 2.26. The minimum absolute atomic E-state index is 0.0238. The average molecular weight is 476 g/mol. The zero-order valence-corrected chi connectivity index (χ0v) is 20.8. The topological polar surface area (TPSA) is 100 Å². The SMILES string of the molecule is CC(=O)Nc1ccc(NC(=O)C2CCN(Cc3nc(-c4ccc(C(C)(C)C)cc4)no3)CC2)cc1. The van der Waals surface area contributed by atoms with Crippen LogP contribution in [0, 0.1) is 5.92 Å². The lowest BCUT2D eigenvalue weighted by atomic mass is 9.87. The van der Waals surface area contributed by atoms with Gasteiger partial charge in [0.15, 0.2) is 0 Å². The summed E-state index contributed by atoms with van der Waals surface area (Å²) in [5.41, 5.74) is 3.73. The van der Waals surface area contributed by atoms with Gasteiger partial charge in [-0.25, -0.2) is 0 Å². The first kappa shape index (κ1) is 24.6. The van der Waals surface area contributed by atoms with E-state index in [2.05, 4.69) is 58.6 Å². The Kier molecular flexibility index (Phi) is 7.31. The number of benzene rings is 2. The molecule has 184 valence electrons. The van der Waals surface area contributed by atoms with E-state index in [-0.39, 0.29) is 23.1 Å². The number of nitrogens with one attached hydrogen (secondary N) is 2. The van der Waals surface area contributed by atoms with Crippen LogP contribution in [0.25, 0.3) is 11.4 Å². The molecule has 1 saturated heterocycles. The van der Waals surface area contributed by atoms with Crippen LogP contribution in [0.4, 0.5) is 11.4 Å². The highest BCUT2D eigenvalue weighted by Crippen LogP contribution is 2.26. The standard InChI is InChI=1S/C27H33N5O3/c1-18(33)28-22-9-11-23(12-10-22)29-26(34)20-13-15-32(16-14-20)17-24-30-25(31-35-24)19-5-7-21(8-6-19)27(2,3)4/h5-12,20H,13-17H2,1-4H3,(H,28,33)(H,29,34). The molecule has 0 unspecified atom stereocenters. The zero-order chi connectivity index (χ0) is 25.0. The molecule has 0 bridgehead atoms. The van der Waals surface area contributed by atoms with Crippen molar-refractivity contribution in [2.45, 2.75) is 52.5 Å². The van der Waals surface area contributed by atoms with Crippen LogP contribution in [-0.4, -0.2) is 39.9 Å². The minimum Gasteiger partial charge on any atom is -0.338 e. The second-order valence-corrected chi connectivity index (χ2v) is 10.1. The third-order valence-electron chi connectivity index (χ3n) is 6.27. The number of piperidine rings is 1. The van der Waals surface area contributed by atoms with Crippen LogP contribution in [-0.2, 0) is 21.5 Å². The Morgan fingerprint density at radius 3 is 2.14 bits per heavy atom. The van der Waals surface area contributed by atoms with Gasteiger partial charge in [-0.05, 0) is 61.2 Å². The van der Waals surface area contributed by atoms with Gasteiger partial charge in [-0.1, -0.05) is 50.2 Å². The fourth-order valence-corrected chi connectivity index (χ4v) is 4.18. The van der Waals surface area contributed by atoms with Crippen molar-refractivity contribution in [2.75, 3.05) is 23.7 Å². The van der Waals surface area contributed by atoms with Crippen molar-refractivity contribution in [1.29, 1.82) is 0 Å². The monoisotopic (exact) mass is 475 g/mol. The number of carbonyl (C=O) groups excluding carboxylic acids is 2. The average Bonchev–Trinajstić information content (AvgIpc) is 3.28. The van der Waals surface area contributed by atoms with Crippen molar-refractivity contribution in [3.8, 4) is 11.4 Å². The number of amides is 2. The summed E-state index contributed by atoms with van der Waals surface area (Å²) in [6.07, 6.45) is 1.54. The number of carbonyl (C=O) groups is 2. The maximum Gasteiger partial charge on any atom is 0.241 e. The zero-order valence-electron chi connectivity index (χ0n) is 20.8. The maximum atomic E-state index is 12.7. The maximum absolute atomic E-state index is 12.7. The first-order valence-corrected chi connectivity index (χ1v) is 12.0. The van der Waals surface area contributed by atoms with E-state index in [0.717, 1.165) is 37.2 Å². The van der Waals surface area contributed by atoms with Crippen molar-refractivity contribution in [1.82, 2.24) is 15.0 Å². The van der Waals surface area contributed by atoms with E-state index in [0.29, 0.717) is 23.9 Å². The van der Waals surface area contributed by atoms with E-state index in [9.17, 15) is 9.59 Å². The summed E-state index contributed by atoms with van der Waals surface area (Å²) in [7, 11) is 0. The van der Waals surface area contributed by atoms with Gasteiger partial charge in [0.25, 0.3) is 0 Å². The predicted octanol–water partition coefficient (Wildman–Crippen LogP) is 4.84. The van der Waals surface area contributed by atoms with Gasteiger partial charge in [-0.3, -0.25) is 14.5 Å². The number of likely N-dealkylation sites (tertiary alicyclic amines) is 1. The molecule has 3 aromatic rings. The Morgan fingerprint density at radius 1 is 0.971 bits per heavy atom. The third-order valence-corrected chi connectivity index (χ3v) is 6.27. The molecule has 0 aliphatic carbocycles. The van der Waals surface area contributed by atoms with Gasteiger partial charge in [-0.15, -0.1) is 0 Å². The molecule has 35 heavy (non-hydrogen) atoms. The van der Waals surface area contributed by atoms with Crippen LogP contribution in [0.5, 0.6) is 0 Å². The molecule has 1 aliphatic heterocycles. The normalized spacial score (nSPS) is 15.1. The summed E-state index contributed by atoms with van der Waals surface area (Å²) in [6, 6.07) is 15.4. The smallest absolute Gasteiger partial charge is 0.241 e. The number of aromatic nitrogens is 2. The van der Waals surface area contributed by atoms with Crippen molar-refractivity contribution < 1.29 is 14.1 Å². The van der Waals surface area contributed by atoms with E-state index in [1.807, 2.05) is 12.1 Å². The van der Waals surface area contributed by atoms with Crippen molar-refractivity contribution in [3.05, 3.63) is 60.0 Å². The van der Waals surface area contributed by atoms with E-state index in [1.165, 1.54) is 12.5 Å². The van der Waals surface area contributed by atoms with Crippen LogP contribution in [0.15, 0.2) is 53.1 Å². The molecule has 1 aliphatic rings. The van der Waals surface area contributed by atoms with Crippen LogP contribution < -0.4 is 10.6 Å². The summed E-state index contributed by atoms with van der Waals surface area (Å²) in [5, 5.41) is 9.85. The van der Waals surface area contributed by atoms with Gasteiger partial charge in [0.05, 0.1) is 6.54 Å². The number of anilines is 2. The molecule has 2 heterocycles. The first-order valence-electron chi connectivity index (χ1n) is 12.0. The fourth-order valence-electron chi connectivity index (χ4n) is 4.18. The molecular formula is C27H33N5O3. The minimum atomic E-state index is -0.125. The summed E-state index contributed by atoms with van der Waals surface area (Å²) < 4.78 is 5.50. The molecule has 2 aromatic carbocycles. The lowest BCUT2D eigenvalue weighted by molar-refractivity contribution is -0.121. The molecule has 0 atom stereocenters. The number of rotatable bonds is 6. The van der Waals surface area contributed by atoms with E-state index < -0.39 is 0 Å². The third kappa shape index (κ3) is 6.54. The van der Waals surface area contributed by atoms with E-state index in [1.54, 1.807) is 24.3 Å². The Morgan fingerprint density at radius 2 is 1.57 bits per heavy atom. The number of hydrogen-bond acceptors (Lipinski definition) is 6. The number of hydrogen-bond donors (Lipinski definition) is 2. The van der Waals surface area contributed by atoms with Crippen molar-refractivity contribution in [3.63, 3.8) is 0 Å². The van der Waals surface area contributed by atoms with Gasteiger partial charge in [0.1, 0.15) is 0 Å². The van der Waals surface area contributed by atoms with Gasteiger partial charge < -0.3 is 15.2 Å². The molecule has 8 nitrogen and oxygen atoms in total. The Labute approximate surface area is 206 Å². The van der Waals surface area contributed by atoms with Crippen molar-refractivity contribution in [2.24, 2.45) is 5.92 Å². The fraction of sp³-hybridized carbons (Fsp3) is 0.407. The molecule has 2 N–H and O–H groups in total. The highest BCUT2D eigenvalue weighted by molar-refractivity contribution is 5.93. The molecule has 1 fully saturated rings. The van der Waals surface area contributed by atoms with Crippen LogP contribution in [0.1, 0.15) is 52.0 Å². The second-order valence-electron chi connectivity index (χ2n) is 10.1. The van der Waals surface area contributed by atoms with Crippen molar-refractivity contribution >= 4 is 23.2 Å². The molecule has 2 amide bonds. The molecule has 8 heteroatoms. The highest BCUT2D eigenvalue weighted by atomic mass is 16.5. The summed E-state index contributed by atoms with van der Waals surface area (Å²) in [5.74, 6) is 1.04. The van der Waals surface area contributed by atoms with Crippen LogP contribution in [0.2, 0.25) is 0 Å². The van der Waals surface area contributed by atoms with Crippen LogP contribution in [0.3, 0.4) is 0 Å². The molecule has 0 saturated carbocycles. The molecule has 4 rings (SSSR count). The first-order chi connectivity index (χ1) is 16.7. The molecule has 0 radical (unpaired) electrons. The predicted molar refractivity (Wildman–Crippen MR) is 136 cm³/mol. The van der Waals surface area contributed by atoms with E-state index in [4.69, 9.17) is 4.52 Å². The Bertz CT molecular complexity index is 1150. The number of nitrogens with zero attached hydrogens (tertiary/aromatic N) is 3. The molecular weight excluding hydrogens is 442 g/mol. The Hall–Kier alpha value is -3.52.